The summed E-state index contributed by atoms with van der Waals surface area (Å²) in [5.41, 5.74) is 1.17. The lowest BCUT2D eigenvalue weighted by atomic mass is 10.0. The highest BCUT2D eigenvalue weighted by atomic mass is 79.9. The molecule has 1 N–H and O–H groups in total. The van der Waals surface area contributed by atoms with Crippen molar-refractivity contribution < 1.29 is 0 Å². The molecule has 3 heteroatoms. The van der Waals surface area contributed by atoms with E-state index in [0.29, 0.717) is 5.92 Å². The van der Waals surface area contributed by atoms with E-state index in [9.17, 15) is 0 Å². The fourth-order valence-corrected chi connectivity index (χ4v) is 1.81. The maximum absolute atomic E-state index is 4.39. The van der Waals surface area contributed by atoms with Gasteiger partial charge in [-0.2, -0.15) is 0 Å². The Balaban J connectivity index is 2.28. The molecule has 1 aromatic heterocycles. The predicted molar refractivity (Wildman–Crippen MR) is 72.5 cm³/mol. The molecule has 0 saturated carbocycles. The topological polar surface area (TPSA) is 24.9 Å². The highest BCUT2D eigenvalue weighted by Gasteiger charge is 2.04. The average Bonchev–Trinajstić information content (AvgIpc) is 2.21. The standard InChI is InChI=1S/C13H21BrN2/c1-10(2)7-15-8-11(3)6-13-5-4-12(14)9-16-13/h4-5,9-11,15H,6-8H2,1-3H3. The Morgan fingerprint density at radius 3 is 2.56 bits per heavy atom. The van der Waals surface area contributed by atoms with Crippen LogP contribution in [-0.2, 0) is 6.42 Å². The third-order valence-electron chi connectivity index (χ3n) is 2.39. The summed E-state index contributed by atoms with van der Waals surface area (Å²) in [7, 11) is 0. The quantitative estimate of drug-likeness (QED) is 0.867. The van der Waals surface area contributed by atoms with Gasteiger partial charge >= 0.3 is 0 Å². The van der Waals surface area contributed by atoms with Crippen molar-refractivity contribution in [3.05, 3.63) is 28.5 Å². The Bertz CT molecular complexity index is 295. The molecule has 1 atom stereocenters. The van der Waals surface area contributed by atoms with E-state index < -0.39 is 0 Å². The molecule has 1 unspecified atom stereocenters. The van der Waals surface area contributed by atoms with Crippen LogP contribution in [0.2, 0.25) is 0 Å². The number of rotatable bonds is 6. The number of nitrogens with one attached hydrogen (secondary N) is 1. The lowest BCUT2D eigenvalue weighted by molar-refractivity contribution is 0.471. The smallest absolute Gasteiger partial charge is 0.0413 e. The molecule has 0 aliphatic carbocycles. The minimum Gasteiger partial charge on any atom is -0.316 e. The van der Waals surface area contributed by atoms with Gasteiger partial charge in [0.25, 0.3) is 0 Å². The van der Waals surface area contributed by atoms with Crippen LogP contribution in [0.1, 0.15) is 26.5 Å². The molecule has 90 valence electrons. The molecule has 0 aromatic carbocycles. The first kappa shape index (κ1) is 13.7. The number of pyridine rings is 1. The molecule has 0 radical (unpaired) electrons. The van der Waals surface area contributed by atoms with Gasteiger partial charge in [-0.3, -0.25) is 4.98 Å². The molecule has 0 saturated heterocycles. The van der Waals surface area contributed by atoms with Crippen LogP contribution in [-0.4, -0.2) is 18.1 Å². The Hall–Kier alpha value is -0.410. The fraction of sp³-hybridized carbons (Fsp3) is 0.615. The molecule has 1 rings (SSSR count). The Morgan fingerprint density at radius 1 is 1.25 bits per heavy atom. The maximum Gasteiger partial charge on any atom is 0.0413 e. The first-order valence-corrected chi connectivity index (χ1v) is 6.68. The number of hydrogen-bond acceptors (Lipinski definition) is 2. The molecule has 0 aliphatic heterocycles. The summed E-state index contributed by atoms with van der Waals surface area (Å²) in [5, 5.41) is 3.48. The monoisotopic (exact) mass is 284 g/mol. The van der Waals surface area contributed by atoms with E-state index in [-0.39, 0.29) is 0 Å². The summed E-state index contributed by atoms with van der Waals surface area (Å²) in [6, 6.07) is 4.14. The van der Waals surface area contributed by atoms with Crippen molar-refractivity contribution in [2.24, 2.45) is 11.8 Å². The van der Waals surface area contributed by atoms with Crippen molar-refractivity contribution in [2.45, 2.75) is 27.2 Å². The second kappa shape index (κ2) is 7.02. The van der Waals surface area contributed by atoms with E-state index in [0.717, 1.165) is 29.9 Å². The number of halogens is 1. The van der Waals surface area contributed by atoms with Crippen LogP contribution >= 0.6 is 15.9 Å². The number of nitrogens with zero attached hydrogens (tertiary/aromatic N) is 1. The minimum atomic E-state index is 0.632. The van der Waals surface area contributed by atoms with Crippen LogP contribution in [0.15, 0.2) is 22.8 Å². The first-order chi connectivity index (χ1) is 7.58. The SMILES string of the molecule is CC(C)CNCC(C)Cc1ccc(Br)cn1. The minimum absolute atomic E-state index is 0.632. The zero-order valence-corrected chi connectivity index (χ0v) is 11.9. The average molecular weight is 285 g/mol. The summed E-state index contributed by atoms with van der Waals surface area (Å²) < 4.78 is 1.04. The Labute approximate surface area is 107 Å². The summed E-state index contributed by atoms with van der Waals surface area (Å²) in [4.78, 5) is 4.39. The Morgan fingerprint density at radius 2 is 2.00 bits per heavy atom. The summed E-state index contributed by atoms with van der Waals surface area (Å²) in [6.45, 7) is 8.88. The van der Waals surface area contributed by atoms with Gasteiger partial charge in [0.05, 0.1) is 0 Å². The normalized spacial score (nSPS) is 13.1. The van der Waals surface area contributed by atoms with E-state index in [4.69, 9.17) is 0 Å². The third-order valence-corrected chi connectivity index (χ3v) is 2.86. The molecule has 1 heterocycles. The van der Waals surface area contributed by atoms with Crippen LogP contribution in [0.25, 0.3) is 0 Å². The van der Waals surface area contributed by atoms with Gasteiger partial charge in [-0.15, -0.1) is 0 Å². The molecule has 0 aliphatic rings. The van der Waals surface area contributed by atoms with Crippen LogP contribution in [0.4, 0.5) is 0 Å². The summed E-state index contributed by atoms with van der Waals surface area (Å²) in [6.07, 6.45) is 2.90. The van der Waals surface area contributed by atoms with Gasteiger partial charge < -0.3 is 5.32 Å². The predicted octanol–water partition coefficient (Wildman–Crippen LogP) is 3.27. The highest BCUT2D eigenvalue weighted by molar-refractivity contribution is 9.10. The molecule has 1 aromatic rings. The van der Waals surface area contributed by atoms with Crippen molar-refractivity contribution in [3.63, 3.8) is 0 Å². The van der Waals surface area contributed by atoms with Crippen LogP contribution in [0, 0.1) is 11.8 Å². The van der Waals surface area contributed by atoms with Crippen LogP contribution in [0.5, 0.6) is 0 Å². The van der Waals surface area contributed by atoms with Gasteiger partial charge in [-0.05, 0) is 59.4 Å². The van der Waals surface area contributed by atoms with E-state index in [2.05, 4.69) is 59.1 Å². The van der Waals surface area contributed by atoms with Crippen molar-refractivity contribution >= 4 is 15.9 Å². The zero-order chi connectivity index (χ0) is 12.0. The van der Waals surface area contributed by atoms with Gasteiger partial charge in [0.2, 0.25) is 0 Å². The van der Waals surface area contributed by atoms with Gasteiger partial charge in [0, 0.05) is 16.4 Å². The maximum atomic E-state index is 4.39. The molecule has 0 amide bonds. The third kappa shape index (κ3) is 5.61. The van der Waals surface area contributed by atoms with Crippen molar-refractivity contribution in [3.8, 4) is 0 Å². The van der Waals surface area contributed by atoms with Gasteiger partial charge in [0.1, 0.15) is 0 Å². The second-order valence-corrected chi connectivity index (χ2v) is 5.74. The fourth-order valence-electron chi connectivity index (χ4n) is 1.57. The number of hydrogen-bond donors (Lipinski definition) is 1. The van der Waals surface area contributed by atoms with Gasteiger partial charge in [0.15, 0.2) is 0 Å². The van der Waals surface area contributed by atoms with Crippen molar-refractivity contribution in [2.75, 3.05) is 13.1 Å². The zero-order valence-electron chi connectivity index (χ0n) is 10.3. The molecule has 0 spiro atoms. The van der Waals surface area contributed by atoms with Gasteiger partial charge in [-0.1, -0.05) is 20.8 Å². The molecule has 0 fully saturated rings. The van der Waals surface area contributed by atoms with E-state index in [1.165, 1.54) is 5.69 Å². The molecule has 2 nitrogen and oxygen atoms in total. The highest BCUT2D eigenvalue weighted by Crippen LogP contribution is 2.10. The molecular formula is C13H21BrN2. The Kier molecular flexibility index (Phi) is 5.99. The number of aromatic nitrogens is 1. The second-order valence-electron chi connectivity index (χ2n) is 4.83. The summed E-state index contributed by atoms with van der Waals surface area (Å²) in [5.74, 6) is 1.35. The largest absolute Gasteiger partial charge is 0.316 e. The van der Waals surface area contributed by atoms with E-state index in [1.54, 1.807) is 0 Å². The lowest BCUT2D eigenvalue weighted by Gasteiger charge is -2.13. The van der Waals surface area contributed by atoms with Gasteiger partial charge in [-0.25, -0.2) is 0 Å². The summed E-state index contributed by atoms with van der Waals surface area (Å²) >= 11 is 3.39. The van der Waals surface area contributed by atoms with Crippen molar-refractivity contribution in [1.82, 2.24) is 10.3 Å². The first-order valence-electron chi connectivity index (χ1n) is 5.89. The van der Waals surface area contributed by atoms with E-state index >= 15 is 0 Å². The van der Waals surface area contributed by atoms with Crippen molar-refractivity contribution in [1.29, 1.82) is 0 Å². The molecule has 0 bridgehead atoms. The molecular weight excluding hydrogens is 264 g/mol. The lowest BCUT2D eigenvalue weighted by Crippen LogP contribution is -2.26. The van der Waals surface area contributed by atoms with E-state index in [1.807, 2.05) is 6.20 Å². The van der Waals surface area contributed by atoms with Crippen LogP contribution < -0.4 is 5.32 Å². The molecule has 16 heavy (non-hydrogen) atoms. The van der Waals surface area contributed by atoms with Crippen LogP contribution in [0.3, 0.4) is 0 Å².